The molecule has 2 atom stereocenters. The summed E-state index contributed by atoms with van der Waals surface area (Å²) in [5.41, 5.74) is 1.24. The lowest BCUT2D eigenvalue weighted by Crippen LogP contribution is -2.39. The number of fused-ring (bicyclic) bond motifs is 1. The van der Waals surface area contributed by atoms with E-state index in [9.17, 15) is 0 Å². The SMILES string of the molecule is CCNC(=NCCOCC1CCCO1)NC(C)c1ccc2ccccc2c1. The van der Waals surface area contributed by atoms with Crippen molar-refractivity contribution in [2.24, 2.45) is 4.99 Å². The number of hydrogen-bond acceptors (Lipinski definition) is 3. The highest BCUT2D eigenvalue weighted by Crippen LogP contribution is 2.20. The second-order valence-corrected chi connectivity index (χ2v) is 6.94. The Kier molecular flexibility index (Phi) is 7.48. The quantitative estimate of drug-likeness (QED) is 0.424. The van der Waals surface area contributed by atoms with E-state index < -0.39 is 0 Å². The summed E-state index contributed by atoms with van der Waals surface area (Å²) >= 11 is 0. The first kappa shape index (κ1) is 19.6. The van der Waals surface area contributed by atoms with Gasteiger partial charge in [-0.05, 0) is 49.1 Å². The van der Waals surface area contributed by atoms with Gasteiger partial charge in [0.05, 0.1) is 31.9 Å². The van der Waals surface area contributed by atoms with Crippen LogP contribution in [-0.2, 0) is 9.47 Å². The zero-order valence-electron chi connectivity index (χ0n) is 16.4. The van der Waals surface area contributed by atoms with E-state index in [1.54, 1.807) is 0 Å². The lowest BCUT2D eigenvalue weighted by atomic mass is 10.0. The van der Waals surface area contributed by atoms with Gasteiger partial charge < -0.3 is 20.1 Å². The van der Waals surface area contributed by atoms with Crippen molar-refractivity contribution in [1.82, 2.24) is 10.6 Å². The van der Waals surface area contributed by atoms with E-state index in [-0.39, 0.29) is 12.1 Å². The fourth-order valence-electron chi connectivity index (χ4n) is 3.30. The maximum Gasteiger partial charge on any atom is 0.191 e. The molecule has 1 fully saturated rings. The van der Waals surface area contributed by atoms with Crippen LogP contribution in [0.25, 0.3) is 10.8 Å². The van der Waals surface area contributed by atoms with Gasteiger partial charge in [-0.1, -0.05) is 36.4 Å². The summed E-state index contributed by atoms with van der Waals surface area (Å²) in [5.74, 6) is 0.818. The van der Waals surface area contributed by atoms with Crippen molar-refractivity contribution in [2.75, 3.05) is 32.9 Å². The van der Waals surface area contributed by atoms with Crippen LogP contribution in [0.5, 0.6) is 0 Å². The van der Waals surface area contributed by atoms with E-state index in [2.05, 4.69) is 71.9 Å². The van der Waals surface area contributed by atoms with Crippen LogP contribution in [0.2, 0.25) is 0 Å². The van der Waals surface area contributed by atoms with Crippen molar-refractivity contribution < 1.29 is 9.47 Å². The van der Waals surface area contributed by atoms with Crippen molar-refractivity contribution in [3.63, 3.8) is 0 Å². The molecule has 0 aliphatic carbocycles. The molecular formula is C22H31N3O2. The van der Waals surface area contributed by atoms with Gasteiger partial charge in [0.15, 0.2) is 5.96 Å². The molecule has 1 aliphatic heterocycles. The van der Waals surface area contributed by atoms with Crippen LogP contribution in [-0.4, -0.2) is 45.0 Å². The monoisotopic (exact) mass is 369 g/mol. The molecule has 0 bridgehead atoms. The zero-order valence-corrected chi connectivity index (χ0v) is 16.4. The van der Waals surface area contributed by atoms with Crippen molar-refractivity contribution >= 4 is 16.7 Å². The topological polar surface area (TPSA) is 54.9 Å². The molecule has 1 saturated heterocycles. The van der Waals surface area contributed by atoms with E-state index in [1.807, 2.05) is 0 Å². The van der Waals surface area contributed by atoms with E-state index in [4.69, 9.17) is 9.47 Å². The minimum Gasteiger partial charge on any atom is -0.377 e. The number of hydrogen-bond donors (Lipinski definition) is 2. The average Bonchev–Trinajstić information content (AvgIpc) is 3.21. The van der Waals surface area contributed by atoms with Crippen LogP contribution in [0.15, 0.2) is 47.5 Å². The van der Waals surface area contributed by atoms with Gasteiger partial charge in [-0.25, -0.2) is 0 Å². The summed E-state index contributed by atoms with van der Waals surface area (Å²) in [4.78, 5) is 4.63. The molecule has 27 heavy (non-hydrogen) atoms. The lowest BCUT2D eigenvalue weighted by molar-refractivity contribution is 0.0200. The molecule has 2 unspecified atom stereocenters. The van der Waals surface area contributed by atoms with Crippen LogP contribution < -0.4 is 10.6 Å². The molecule has 0 aromatic heterocycles. The molecule has 2 N–H and O–H groups in total. The zero-order chi connectivity index (χ0) is 18.9. The average molecular weight is 370 g/mol. The minimum absolute atomic E-state index is 0.167. The number of nitrogens with one attached hydrogen (secondary N) is 2. The van der Waals surface area contributed by atoms with E-state index in [1.165, 1.54) is 16.3 Å². The lowest BCUT2D eigenvalue weighted by Gasteiger charge is -2.19. The van der Waals surface area contributed by atoms with Gasteiger partial charge in [0.25, 0.3) is 0 Å². The predicted molar refractivity (Wildman–Crippen MR) is 111 cm³/mol. The molecule has 0 radical (unpaired) electrons. The van der Waals surface area contributed by atoms with Crippen molar-refractivity contribution in [1.29, 1.82) is 0 Å². The highest BCUT2D eigenvalue weighted by molar-refractivity contribution is 5.84. The molecule has 0 amide bonds. The Labute approximate surface area is 162 Å². The number of rotatable bonds is 8. The second kappa shape index (κ2) is 10.3. The molecule has 0 saturated carbocycles. The second-order valence-electron chi connectivity index (χ2n) is 6.94. The largest absolute Gasteiger partial charge is 0.377 e. The third-order valence-corrected chi connectivity index (χ3v) is 4.80. The van der Waals surface area contributed by atoms with Gasteiger partial charge in [0, 0.05) is 13.2 Å². The summed E-state index contributed by atoms with van der Waals surface area (Å²) in [5, 5.41) is 9.32. The fourth-order valence-corrected chi connectivity index (χ4v) is 3.30. The van der Waals surface area contributed by atoms with Crippen molar-refractivity contribution in [2.45, 2.75) is 38.8 Å². The maximum atomic E-state index is 5.70. The Morgan fingerprint density at radius 2 is 2.11 bits per heavy atom. The molecule has 5 heteroatoms. The van der Waals surface area contributed by atoms with Crippen molar-refractivity contribution in [3.8, 4) is 0 Å². The van der Waals surface area contributed by atoms with Crippen LogP contribution in [0, 0.1) is 0 Å². The summed E-state index contributed by atoms with van der Waals surface area (Å²) < 4.78 is 11.3. The molecule has 5 nitrogen and oxygen atoms in total. The molecule has 1 aliphatic rings. The maximum absolute atomic E-state index is 5.70. The normalized spacial score (nSPS) is 18.6. The molecular weight excluding hydrogens is 338 g/mol. The smallest absolute Gasteiger partial charge is 0.191 e. The third-order valence-electron chi connectivity index (χ3n) is 4.80. The third kappa shape index (κ3) is 5.94. The predicted octanol–water partition coefficient (Wildman–Crippen LogP) is 3.65. The summed E-state index contributed by atoms with van der Waals surface area (Å²) in [6.07, 6.45) is 2.53. The van der Waals surface area contributed by atoms with Gasteiger partial charge in [-0.3, -0.25) is 4.99 Å². The van der Waals surface area contributed by atoms with Crippen LogP contribution in [0.3, 0.4) is 0 Å². The van der Waals surface area contributed by atoms with Gasteiger partial charge in [-0.15, -0.1) is 0 Å². The van der Waals surface area contributed by atoms with Crippen LogP contribution in [0.1, 0.15) is 38.3 Å². The van der Waals surface area contributed by atoms with Crippen LogP contribution in [0.4, 0.5) is 0 Å². The first-order valence-corrected chi connectivity index (χ1v) is 9.99. The van der Waals surface area contributed by atoms with E-state index >= 15 is 0 Å². The van der Waals surface area contributed by atoms with E-state index in [0.717, 1.165) is 32.0 Å². The Morgan fingerprint density at radius 1 is 1.26 bits per heavy atom. The summed E-state index contributed by atoms with van der Waals surface area (Å²) in [6.45, 7) is 7.84. The Balaban J connectivity index is 1.51. The minimum atomic E-state index is 0.167. The molecule has 1 heterocycles. The van der Waals surface area contributed by atoms with Gasteiger partial charge in [0.2, 0.25) is 0 Å². The Bertz CT molecular complexity index is 741. The summed E-state index contributed by atoms with van der Waals surface area (Å²) in [7, 11) is 0. The van der Waals surface area contributed by atoms with Crippen LogP contribution >= 0.6 is 0 Å². The van der Waals surface area contributed by atoms with Gasteiger partial charge >= 0.3 is 0 Å². The Hall–Kier alpha value is -2.11. The molecule has 2 aromatic carbocycles. The molecule has 0 spiro atoms. The number of ether oxygens (including phenoxy) is 2. The number of nitrogens with zero attached hydrogens (tertiary/aromatic N) is 1. The highest BCUT2D eigenvalue weighted by Gasteiger charge is 2.15. The fraction of sp³-hybridized carbons (Fsp3) is 0.500. The molecule has 3 rings (SSSR count). The van der Waals surface area contributed by atoms with E-state index in [0.29, 0.717) is 19.8 Å². The molecule has 2 aromatic rings. The number of benzene rings is 2. The first-order chi connectivity index (χ1) is 13.3. The van der Waals surface area contributed by atoms with Crippen molar-refractivity contribution in [3.05, 3.63) is 48.0 Å². The van der Waals surface area contributed by atoms with Gasteiger partial charge in [0.1, 0.15) is 0 Å². The van der Waals surface area contributed by atoms with Gasteiger partial charge in [-0.2, -0.15) is 0 Å². The number of guanidine groups is 1. The highest BCUT2D eigenvalue weighted by atomic mass is 16.5. The standard InChI is InChI=1S/C22H31N3O2/c1-3-23-22(24-12-14-26-16-21-9-6-13-27-21)25-17(2)19-11-10-18-7-4-5-8-20(18)15-19/h4-5,7-8,10-11,15,17,21H,3,6,9,12-14,16H2,1-2H3,(H2,23,24,25). The Morgan fingerprint density at radius 3 is 2.89 bits per heavy atom. The number of aliphatic imine (C=N–C) groups is 1. The first-order valence-electron chi connectivity index (χ1n) is 9.99. The molecule has 146 valence electrons. The summed E-state index contributed by atoms with van der Waals surface area (Å²) in [6, 6.07) is 15.2.